The normalized spacial score (nSPS) is 14.3. The molecule has 0 spiro atoms. The summed E-state index contributed by atoms with van der Waals surface area (Å²) in [5.74, 6) is -0.161. The molecule has 0 bridgehead atoms. The van der Waals surface area contributed by atoms with E-state index in [4.69, 9.17) is 10.5 Å². The third kappa shape index (κ3) is 7.72. The predicted molar refractivity (Wildman–Crippen MR) is 116 cm³/mol. The van der Waals surface area contributed by atoms with E-state index in [-0.39, 0.29) is 23.8 Å². The van der Waals surface area contributed by atoms with E-state index in [1.54, 1.807) is 44.2 Å². The molecule has 2 aromatic carbocycles. The van der Waals surface area contributed by atoms with E-state index in [1.807, 2.05) is 0 Å². The number of alkyl halides is 3. The van der Waals surface area contributed by atoms with Crippen LogP contribution in [0.4, 0.5) is 18.0 Å². The smallest absolute Gasteiger partial charge is 0.416 e. The average molecular weight is 489 g/mol. The summed E-state index contributed by atoms with van der Waals surface area (Å²) in [5.41, 5.74) is 4.88. The Morgan fingerprint density at radius 2 is 1.64 bits per heavy atom. The maximum atomic E-state index is 13.2. The highest BCUT2D eigenvalue weighted by molar-refractivity contribution is 7.89. The molecule has 182 valence electrons. The molecule has 0 aliphatic heterocycles. The summed E-state index contributed by atoms with van der Waals surface area (Å²) < 4.78 is 70.9. The molecule has 7 nitrogen and oxygen atoms in total. The van der Waals surface area contributed by atoms with Gasteiger partial charge >= 0.3 is 12.3 Å². The number of nitrogens with zero attached hydrogens (tertiary/aromatic N) is 1. The molecule has 1 amide bonds. The van der Waals surface area contributed by atoms with Crippen molar-refractivity contribution in [2.45, 2.75) is 43.5 Å². The first kappa shape index (κ1) is 26.6. The number of aliphatic hydroxyl groups is 1. The third-order valence-electron chi connectivity index (χ3n) is 4.76. The third-order valence-corrected chi connectivity index (χ3v) is 6.60. The quantitative estimate of drug-likeness (QED) is 0.533. The van der Waals surface area contributed by atoms with Gasteiger partial charge in [-0.05, 0) is 35.7 Å². The molecule has 2 rings (SSSR count). The summed E-state index contributed by atoms with van der Waals surface area (Å²) in [5, 5.41) is 10.8. The molecular formula is C22H27F3N2O5S. The van der Waals surface area contributed by atoms with E-state index in [2.05, 4.69) is 0 Å². The van der Waals surface area contributed by atoms with Crippen molar-refractivity contribution in [2.24, 2.45) is 11.7 Å². The number of ether oxygens (including phenoxy) is 1. The molecule has 0 aliphatic rings. The van der Waals surface area contributed by atoms with E-state index >= 15 is 0 Å². The molecule has 2 unspecified atom stereocenters. The van der Waals surface area contributed by atoms with Gasteiger partial charge in [0.1, 0.15) is 12.2 Å². The van der Waals surface area contributed by atoms with Gasteiger partial charge in [0, 0.05) is 19.5 Å². The molecule has 11 heteroatoms. The van der Waals surface area contributed by atoms with Crippen LogP contribution in [0.3, 0.4) is 0 Å². The summed E-state index contributed by atoms with van der Waals surface area (Å²) in [6.45, 7) is 3.04. The van der Waals surface area contributed by atoms with Crippen LogP contribution >= 0.6 is 0 Å². The minimum absolute atomic E-state index is 0.0188. The average Bonchev–Trinajstić information content (AvgIpc) is 2.72. The minimum atomic E-state index is -4.60. The van der Waals surface area contributed by atoms with Gasteiger partial charge in [0.25, 0.3) is 0 Å². The van der Waals surface area contributed by atoms with Crippen molar-refractivity contribution >= 4 is 16.1 Å². The second kappa shape index (κ2) is 11.0. The van der Waals surface area contributed by atoms with Crippen LogP contribution in [0.5, 0.6) is 0 Å². The first-order valence-corrected chi connectivity index (χ1v) is 11.6. The molecule has 0 saturated carbocycles. The Labute approximate surface area is 191 Å². The van der Waals surface area contributed by atoms with Gasteiger partial charge in [-0.2, -0.15) is 17.5 Å². The summed E-state index contributed by atoms with van der Waals surface area (Å²) in [7, 11) is -4.25. The Balaban J connectivity index is 2.30. The highest BCUT2D eigenvalue weighted by Gasteiger charge is 2.34. The number of carbonyl (C=O) groups is 1. The molecule has 0 fully saturated rings. The highest BCUT2D eigenvalue weighted by atomic mass is 32.2. The number of primary amides is 1. The molecule has 0 aromatic heterocycles. The monoisotopic (exact) mass is 488 g/mol. The van der Waals surface area contributed by atoms with Gasteiger partial charge in [0.2, 0.25) is 10.0 Å². The van der Waals surface area contributed by atoms with E-state index < -0.39 is 46.6 Å². The number of rotatable bonds is 10. The van der Waals surface area contributed by atoms with E-state index in [0.29, 0.717) is 12.1 Å². The number of halogens is 3. The molecule has 0 heterocycles. The number of amides is 1. The molecule has 0 aliphatic carbocycles. The zero-order valence-corrected chi connectivity index (χ0v) is 19.0. The van der Waals surface area contributed by atoms with Crippen LogP contribution in [0.1, 0.15) is 25.0 Å². The Morgan fingerprint density at radius 1 is 1.06 bits per heavy atom. The number of sulfonamides is 1. The molecule has 2 atom stereocenters. The van der Waals surface area contributed by atoms with Gasteiger partial charge in [-0.1, -0.05) is 44.2 Å². The lowest BCUT2D eigenvalue weighted by Crippen LogP contribution is -2.46. The van der Waals surface area contributed by atoms with Gasteiger partial charge in [-0.15, -0.1) is 0 Å². The molecule has 3 N–H and O–H groups in total. The van der Waals surface area contributed by atoms with E-state index in [9.17, 15) is 31.5 Å². The second-order valence-electron chi connectivity index (χ2n) is 7.97. The van der Waals surface area contributed by atoms with Gasteiger partial charge < -0.3 is 15.6 Å². The Hall–Kier alpha value is -2.63. The highest BCUT2D eigenvalue weighted by Crippen LogP contribution is 2.30. The first-order chi connectivity index (χ1) is 15.3. The zero-order chi connectivity index (χ0) is 24.8. The van der Waals surface area contributed by atoms with Crippen LogP contribution in [0.25, 0.3) is 0 Å². The number of benzene rings is 2. The first-order valence-electron chi connectivity index (χ1n) is 10.2. The topological polar surface area (TPSA) is 110 Å². The van der Waals surface area contributed by atoms with Gasteiger partial charge in [-0.25, -0.2) is 13.2 Å². The largest absolute Gasteiger partial charge is 0.443 e. The Bertz CT molecular complexity index is 1010. The summed E-state index contributed by atoms with van der Waals surface area (Å²) in [6, 6.07) is 11.9. The number of aliphatic hydroxyl groups excluding tert-OH is 1. The predicted octanol–water partition coefficient (Wildman–Crippen LogP) is 3.42. The maximum Gasteiger partial charge on any atom is 0.416 e. The molecular weight excluding hydrogens is 461 g/mol. The van der Waals surface area contributed by atoms with Crippen molar-refractivity contribution < 1.29 is 36.2 Å². The number of hydrogen-bond donors (Lipinski definition) is 2. The van der Waals surface area contributed by atoms with Gasteiger partial charge in [0.15, 0.2) is 0 Å². The van der Waals surface area contributed by atoms with Crippen LogP contribution in [0.15, 0.2) is 59.5 Å². The summed E-state index contributed by atoms with van der Waals surface area (Å²) in [4.78, 5) is 11.0. The van der Waals surface area contributed by atoms with E-state index in [1.165, 1.54) is 0 Å². The molecule has 0 radical (unpaired) electrons. The van der Waals surface area contributed by atoms with Crippen molar-refractivity contribution in [3.63, 3.8) is 0 Å². The second-order valence-corrected chi connectivity index (χ2v) is 9.91. The van der Waals surface area contributed by atoms with Crippen LogP contribution in [-0.2, 0) is 27.4 Å². The van der Waals surface area contributed by atoms with Crippen molar-refractivity contribution in [2.75, 3.05) is 13.1 Å². The van der Waals surface area contributed by atoms with Gasteiger partial charge in [0.05, 0.1) is 10.5 Å². The van der Waals surface area contributed by atoms with Crippen LogP contribution < -0.4 is 5.73 Å². The fourth-order valence-electron chi connectivity index (χ4n) is 3.22. The lowest BCUT2D eigenvalue weighted by Gasteiger charge is -2.29. The van der Waals surface area contributed by atoms with Gasteiger partial charge in [-0.3, -0.25) is 0 Å². The van der Waals surface area contributed by atoms with Crippen molar-refractivity contribution in [3.05, 3.63) is 65.7 Å². The number of nitrogens with two attached hydrogens (primary N) is 1. The van der Waals surface area contributed by atoms with Crippen LogP contribution in [0.2, 0.25) is 0 Å². The molecule has 0 saturated heterocycles. The lowest BCUT2D eigenvalue weighted by molar-refractivity contribution is -0.137. The van der Waals surface area contributed by atoms with E-state index in [0.717, 1.165) is 22.0 Å². The fraction of sp³-hybridized carbons (Fsp3) is 0.409. The Kier molecular flexibility index (Phi) is 8.87. The standard InChI is InChI=1S/C22H27F3N2O5S/c1-15(2)13-27(33(30,31)18-10-8-17(9-11-18)22(23,24)25)14-19(28)20(32-21(26)29)12-16-6-4-3-5-7-16/h3-11,15,19-20,28H,12-14H2,1-2H3,(H2,26,29). The zero-order valence-electron chi connectivity index (χ0n) is 18.2. The summed E-state index contributed by atoms with van der Waals surface area (Å²) in [6.07, 6.45) is -8.23. The molecule has 33 heavy (non-hydrogen) atoms. The minimum Gasteiger partial charge on any atom is -0.443 e. The van der Waals surface area contributed by atoms with Crippen LogP contribution in [0, 0.1) is 5.92 Å². The number of carbonyl (C=O) groups excluding carboxylic acids is 1. The van der Waals surface area contributed by atoms with Crippen LogP contribution in [-0.4, -0.2) is 49.2 Å². The Morgan fingerprint density at radius 3 is 2.12 bits per heavy atom. The maximum absolute atomic E-state index is 13.2. The van der Waals surface area contributed by atoms with Crippen molar-refractivity contribution in [3.8, 4) is 0 Å². The van der Waals surface area contributed by atoms with Crippen molar-refractivity contribution in [1.82, 2.24) is 4.31 Å². The van der Waals surface area contributed by atoms with Crippen molar-refractivity contribution in [1.29, 1.82) is 0 Å². The SMILES string of the molecule is CC(C)CN(CC(O)C(Cc1ccccc1)OC(N)=O)S(=O)(=O)c1ccc(C(F)(F)F)cc1. The lowest BCUT2D eigenvalue weighted by atomic mass is 10.0. The summed E-state index contributed by atoms with van der Waals surface area (Å²) >= 11 is 0. The fourth-order valence-corrected chi connectivity index (χ4v) is 4.84. The molecule has 2 aromatic rings. The number of hydrogen-bond acceptors (Lipinski definition) is 5.